The maximum absolute atomic E-state index is 4.86. The van der Waals surface area contributed by atoms with Crippen LogP contribution in [0.25, 0.3) is 0 Å². The van der Waals surface area contributed by atoms with E-state index in [9.17, 15) is 0 Å². The van der Waals surface area contributed by atoms with Crippen LogP contribution in [0.15, 0.2) is 24.5 Å². The number of hydrogen-bond acceptors (Lipinski definition) is 4. The monoisotopic (exact) mass is 287 g/mol. The Morgan fingerprint density at radius 1 is 1.45 bits per heavy atom. The third-order valence-electron chi connectivity index (χ3n) is 3.71. The molecule has 2 aromatic rings. The fourth-order valence-electron chi connectivity index (χ4n) is 2.74. The van der Waals surface area contributed by atoms with Gasteiger partial charge in [0, 0.05) is 29.7 Å². The number of aryl methyl sites for hydroxylation is 1. The van der Waals surface area contributed by atoms with Crippen molar-refractivity contribution in [2.75, 3.05) is 6.54 Å². The second-order valence-corrected chi connectivity index (χ2v) is 6.47. The van der Waals surface area contributed by atoms with Gasteiger partial charge in [-0.25, -0.2) is 4.98 Å². The Morgan fingerprint density at radius 3 is 3.20 bits per heavy atom. The van der Waals surface area contributed by atoms with Gasteiger partial charge in [-0.3, -0.25) is 4.98 Å². The van der Waals surface area contributed by atoms with E-state index in [1.54, 1.807) is 0 Å². The van der Waals surface area contributed by atoms with Gasteiger partial charge in [-0.15, -0.1) is 11.3 Å². The molecule has 1 N–H and O–H groups in total. The smallest absolute Gasteiger partial charge is 0.0976 e. The molecule has 106 valence electrons. The van der Waals surface area contributed by atoms with Gasteiger partial charge in [-0.1, -0.05) is 13.0 Å². The Balaban J connectivity index is 1.77. The summed E-state index contributed by atoms with van der Waals surface area (Å²) < 4.78 is 0. The summed E-state index contributed by atoms with van der Waals surface area (Å²) in [4.78, 5) is 10.5. The summed E-state index contributed by atoms with van der Waals surface area (Å²) in [5.41, 5.74) is 2.57. The molecule has 0 aromatic carbocycles. The Kier molecular flexibility index (Phi) is 4.43. The lowest BCUT2D eigenvalue weighted by Crippen LogP contribution is -2.24. The van der Waals surface area contributed by atoms with Crippen molar-refractivity contribution in [1.82, 2.24) is 15.3 Å². The van der Waals surface area contributed by atoms with Crippen LogP contribution < -0.4 is 5.32 Å². The van der Waals surface area contributed by atoms with Crippen LogP contribution in [0.1, 0.15) is 53.4 Å². The minimum atomic E-state index is 0.527. The first-order valence-corrected chi connectivity index (χ1v) is 8.29. The van der Waals surface area contributed by atoms with Crippen molar-refractivity contribution in [2.24, 2.45) is 0 Å². The van der Waals surface area contributed by atoms with Crippen molar-refractivity contribution in [1.29, 1.82) is 0 Å². The largest absolute Gasteiger partial charge is 0.309 e. The topological polar surface area (TPSA) is 37.8 Å². The molecule has 1 atom stereocenters. The molecule has 20 heavy (non-hydrogen) atoms. The molecule has 0 saturated carbocycles. The number of rotatable bonds is 5. The fourth-order valence-corrected chi connectivity index (χ4v) is 3.99. The van der Waals surface area contributed by atoms with Gasteiger partial charge in [-0.05, 0) is 43.9 Å². The third-order valence-corrected chi connectivity index (χ3v) is 4.92. The SMILES string of the molecule is CCCNC1CCCc2nc(Cc3cccnc3)sc21. The molecule has 1 unspecified atom stereocenters. The molecule has 0 spiro atoms. The normalized spacial score (nSPS) is 17.9. The van der Waals surface area contributed by atoms with E-state index < -0.39 is 0 Å². The second kappa shape index (κ2) is 6.46. The number of thiazole rings is 1. The molecule has 1 aliphatic carbocycles. The minimum absolute atomic E-state index is 0.527. The zero-order valence-corrected chi connectivity index (χ0v) is 12.7. The van der Waals surface area contributed by atoms with Crippen LogP contribution in [0, 0.1) is 0 Å². The van der Waals surface area contributed by atoms with E-state index in [0.717, 1.165) is 19.4 Å². The lowest BCUT2D eigenvalue weighted by molar-refractivity contribution is 0.464. The molecule has 0 radical (unpaired) electrons. The molecule has 2 aromatic heterocycles. The average molecular weight is 287 g/mol. The molecule has 0 aliphatic heterocycles. The summed E-state index contributed by atoms with van der Waals surface area (Å²) in [6, 6.07) is 4.65. The highest BCUT2D eigenvalue weighted by Crippen LogP contribution is 2.34. The number of aromatic nitrogens is 2. The highest BCUT2D eigenvalue weighted by molar-refractivity contribution is 7.11. The van der Waals surface area contributed by atoms with Crippen molar-refractivity contribution in [3.63, 3.8) is 0 Å². The van der Waals surface area contributed by atoms with Gasteiger partial charge in [-0.2, -0.15) is 0 Å². The highest BCUT2D eigenvalue weighted by Gasteiger charge is 2.23. The zero-order chi connectivity index (χ0) is 13.8. The van der Waals surface area contributed by atoms with E-state index in [2.05, 4.69) is 23.3 Å². The number of pyridine rings is 1. The summed E-state index contributed by atoms with van der Waals surface area (Å²) in [6.45, 7) is 3.32. The highest BCUT2D eigenvalue weighted by atomic mass is 32.1. The number of hydrogen-bond donors (Lipinski definition) is 1. The number of fused-ring (bicyclic) bond motifs is 1. The summed E-state index contributed by atoms with van der Waals surface area (Å²) in [7, 11) is 0. The molecule has 2 heterocycles. The van der Waals surface area contributed by atoms with Gasteiger partial charge in [0.1, 0.15) is 0 Å². The summed E-state index contributed by atoms with van der Waals surface area (Å²) in [5.74, 6) is 0. The van der Waals surface area contributed by atoms with Crippen molar-refractivity contribution in [2.45, 2.75) is 45.1 Å². The number of nitrogens with zero attached hydrogens (tertiary/aromatic N) is 2. The predicted molar refractivity (Wildman–Crippen MR) is 83.1 cm³/mol. The second-order valence-electron chi connectivity index (χ2n) is 5.36. The Bertz CT molecular complexity index is 550. The quantitative estimate of drug-likeness (QED) is 0.914. The average Bonchev–Trinajstić information content (AvgIpc) is 2.89. The van der Waals surface area contributed by atoms with Crippen molar-refractivity contribution in [3.05, 3.63) is 45.7 Å². The van der Waals surface area contributed by atoms with Crippen molar-refractivity contribution >= 4 is 11.3 Å². The Labute approximate surface area is 124 Å². The van der Waals surface area contributed by atoms with Crippen LogP contribution in [0.5, 0.6) is 0 Å². The zero-order valence-electron chi connectivity index (χ0n) is 11.9. The Morgan fingerprint density at radius 2 is 2.40 bits per heavy atom. The van der Waals surface area contributed by atoms with E-state index in [4.69, 9.17) is 4.98 Å². The molecular formula is C16H21N3S. The van der Waals surface area contributed by atoms with Crippen LogP contribution >= 0.6 is 11.3 Å². The minimum Gasteiger partial charge on any atom is -0.309 e. The Hall–Kier alpha value is -1.26. The third kappa shape index (κ3) is 3.07. The van der Waals surface area contributed by atoms with Crippen LogP contribution in [-0.4, -0.2) is 16.5 Å². The van der Waals surface area contributed by atoms with Gasteiger partial charge < -0.3 is 5.32 Å². The molecule has 0 amide bonds. The molecule has 4 heteroatoms. The fraction of sp³-hybridized carbons (Fsp3) is 0.500. The van der Waals surface area contributed by atoms with E-state index in [1.165, 1.54) is 40.4 Å². The predicted octanol–water partition coefficient (Wildman–Crippen LogP) is 3.51. The van der Waals surface area contributed by atoms with Gasteiger partial charge >= 0.3 is 0 Å². The lowest BCUT2D eigenvalue weighted by Gasteiger charge is -2.22. The van der Waals surface area contributed by atoms with Crippen LogP contribution in [0.4, 0.5) is 0 Å². The maximum Gasteiger partial charge on any atom is 0.0976 e. The van der Waals surface area contributed by atoms with Crippen LogP contribution in [-0.2, 0) is 12.8 Å². The first kappa shape index (κ1) is 13.7. The first-order valence-electron chi connectivity index (χ1n) is 7.47. The van der Waals surface area contributed by atoms with Crippen LogP contribution in [0.3, 0.4) is 0 Å². The van der Waals surface area contributed by atoms with Gasteiger partial charge in [0.05, 0.1) is 10.7 Å². The molecule has 1 aliphatic rings. The standard InChI is InChI=1S/C16H21N3S/c1-2-8-18-13-6-3-7-14-16(13)20-15(19-14)10-12-5-4-9-17-11-12/h4-5,9,11,13,18H,2-3,6-8,10H2,1H3. The lowest BCUT2D eigenvalue weighted by atomic mass is 9.98. The molecule has 0 saturated heterocycles. The van der Waals surface area contributed by atoms with E-state index in [-0.39, 0.29) is 0 Å². The van der Waals surface area contributed by atoms with Gasteiger partial charge in [0.25, 0.3) is 0 Å². The van der Waals surface area contributed by atoms with Gasteiger partial charge in [0.2, 0.25) is 0 Å². The van der Waals surface area contributed by atoms with Crippen molar-refractivity contribution < 1.29 is 0 Å². The maximum atomic E-state index is 4.86. The van der Waals surface area contributed by atoms with Gasteiger partial charge in [0.15, 0.2) is 0 Å². The molecular weight excluding hydrogens is 266 g/mol. The van der Waals surface area contributed by atoms with E-state index in [1.807, 2.05) is 29.8 Å². The summed E-state index contributed by atoms with van der Waals surface area (Å²) in [6.07, 6.45) is 9.50. The summed E-state index contributed by atoms with van der Waals surface area (Å²) >= 11 is 1.89. The first-order chi connectivity index (χ1) is 9.86. The molecule has 0 bridgehead atoms. The van der Waals surface area contributed by atoms with E-state index >= 15 is 0 Å². The summed E-state index contributed by atoms with van der Waals surface area (Å²) in [5, 5.41) is 4.89. The van der Waals surface area contributed by atoms with Crippen LogP contribution in [0.2, 0.25) is 0 Å². The molecule has 3 nitrogen and oxygen atoms in total. The van der Waals surface area contributed by atoms with E-state index in [0.29, 0.717) is 6.04 Å². The number of nitrogens with one attached hydrogen (secondary N) is 1. The van der Waals surface area contributed by atoms with Crippen molar-refractivity contribution in [3.8, 4) is 0 Å². The molecule has 0 fully saturated rings. The molecule has 3 rings (SSSR count).